The number of nitrogens with zero attached hydrogens (tertiary/aromatic N) is 1. The van der Waals surface area contributed by atoms with Crippen LogP contribution >= 0.6 is 24.8 Å². The standard InChI is InChI=1S/C17H27N3O2.2ClH/c1-20(2)11-6-12-22-15-8-5-7-14(13-15)19-17(21)16-9-3-4-10-18-16;;/h5,7-8,13,16,18H,3-4,6,9-12H2,1-2H3,(H,19,21);2*1H/t16-;;/m1../s1. The van der Waals surface area contributed by atoms with Crippen molar-refractivity contribution < 1.29 is 9.53 Å². The molecule has 7 heteroatoms. The molecule has 24 heavy (non-hydrogen) atoms. The minimum atomic E-state index is -0.0709. The number of hydrogen-bond acceptors (Lipinski definition) is 4. The maximum atomic E-state index is 12.2. The summed E-state index contributed by atoms with van der Waals surface area (Å²) in [5, 5.41) is 6.23. The van der Waals surface area contributed by atoms with Gasteiger partial charge in [0.2, 0.25) is 5.91 Å². The number of nitrogens with one attached hydrogen (secondary N) is 2. The summed E-state index contributed by atoms with van der Waals surface area (Å²) in [5.74, 6) is 0.845. The number of piperidine rings is 1. The molecule has 1 saturated heterocycles. The van der Waals surface area contributed by atoms with E-state index in [0.717, 1.165) is 50.2 Å². The third-order valence-electron chi connectivity index (χ3n) is 3.75. The van der Waals surface area contributed by atoms with Crippen molar-refractivity contribution in [3.63, 3.8) is 0 Å². The van der Waals surface area contributed by atoms with Crippen molar-refractivity contribution in [2.24, 2.45) is 0 Å². The largest absolute Gasteiger partial charge is 0.493 e. The summed E-state index contributed by atoms with van der Waals surface area (Å²) in [6.07, 6.45) is 4.16. The molecule has 2 rings (SSSR count). The van der Waals surface area contributed by atoms with Gasteiger partial charge in [-0.1, -0.05) is 12.5 Å². The van der Waals surface area contributed by atoms with Crippen LogP contribution in [0.15, 0.2) is 24.3 Å². The normalized spacial score (nSPS) is 16.7. The highest BCUT2D eigenvalue weighted by atomic mass is 35.5. The second kappa shape index (κ2) is 12.4. The average Bonchev–Trinajstić information content (AvgIpc) is 2.52. The van der Waals surface area contributed by atoms with Crippen molar-refractivity contribution in [2.45, 2.75) is 31.7 Å². The number of amides is 1. The van der Waals surface area contributed by atoms with Crippen LogP contribution in [0.1, 0.15) is 25.7 Å². The van der Waals surface area contributed by atoms with Gasteiger partial charge in [0.1, 0.15) is 5.75 Å². The lowest BCUT2D eigenvalue weighted by molar-refractivity contribution is -0.118. The predicted molar refractivity (Wildman–Crippen MR) is 104 cm³/mol. The molecule has 0 aromatic heterocycles. The van der Waals surface area contributed by atoms with E-state index >= 15 is 0 Å². The Morgan fingerprint density at radius 1 is 1.33 bits per heavy atom. The maximum absolute atomic E-state index is 12.2. The summed E-state index contributed by atoms with van der Waals surface area (Å²) in [4.78, 5) is 14.3. The van der Waals surface area contributed by atoms with E-state index in [1.54, 1.807) is 0 Å². The van der Waals surface area contributed by atoms with Gasteiger partial charge in [0.05, 0.1) is 12.6 Å². The first-order chi connectivity index (χ1) is 10.6. The molecule has 138 valence electrons. The highest BCUT2D eigenvalue weighted by Gasteiger charge is 2.20. The van der Waals surface area contributed by atoms with Gasteiger partial charge >= 0.3 is 0 Å². The van der Waals surface area contributed by atoms with E-state index in [-0.39, 0.29) is 36.8 Å². The van der Waals surface area contributed by atoms with Crippen LogP contribution in [0.3, 0.4) is 0 Å². The fraction of sp³-hybridized carbons (Fsp3) is 0.588. The fourth-order valence-corrected chi connectivity index (χ4v) is 2.54. The van der Waals surface area contributed by atoms with Crippen LogP contribution < -0.4 is 15.4 Å². The SMILES string of the molecule is CN(C)CCCOc1cccc(NC(=O)[C@H]2CCCCN2)c1.Cl.Cl. The maximum Gasteiger partial charge on any atom is 0.241 e. The molecule has 1 fully saturated rings. The van der Waals surface area contributed by atoms with E-state index < -0.39 is 0 Å². The topological polar surface area (TPSA) is 53.6 Å². The molecule has 1 amide bonds. The van der Waals surface area contributed by atoms with Crippen LogP contribution in [0.4, 0.5) is 5.69 Å². The summed E-state index contributed by atoms with van der Waals surface area (Å²) in [6.45, 7) is 2.61. The Labute approximate surface area is 157 Å². The van der Waals surface area contributed by atoms with Gasteiger partial charge in [0, 0.05) is 18.3 Å². The van der Waals surface area contributed by atoms with Gasteiger partial charge in [0.25, 0.3) is 0 Å². The molecule has 0 radical (unpaired) electrons. The van der Waals surface area contributed by atoms with Crippen LogP contribution in [-0.2, 0) is 4.79 Å². The molecule has 1 aliphatic heterocycles. The van der Waals surface area contributed by atoms with E-state index in [4.69, 9.17) is 4.74 Å². The molecule has 0 unspecified atom stereocenters. The molecule has 1 aliphatic rings. The lowest BCUT2D eigenvalue weighted by Crippen LogP contribution is -2.43. The average molecular weight is 378 g/mol. The molecule has 0 aliphatic carbocycles. The van der Waals surface area contributed by atoms with E-state index in [2.05, 4.69) is 29.6 Å². The Morgan fingerprint density at radius 2 is 2.12 bits per heavy atom. The predicted octanol–water partition coefficient (Wildman–Crippen LogP) is 2.94. The van der Waals surface area contributed by atoms with Gasteiger partial charge < -0.3 is 20.3 Å². The number of halogens is 2. The van der Waals surface area contributed by atoms with Crippen LogP contribution in [0.2, 0.25) is 0 Å². The molecule has 1 aromatic rings. The van der Waals surface area contributed by atoms with E-state index in [9.17, 15) is 4.79 Å². The zero-order valence-corrected chi connectivity index (χ0v) is 16.0. The molecule has 1 aromatic carbocycles. The highest BCUT2D eigenvalue weighted by molar-refractivity contribution is 5.95. The Balaban J connectivity index is 0.00000264. The van der Waals surface area contributed by atoms with Crippen LogP contribution in [0, 0.1) is 0 Å². The molecular formula is C17H29Cl2N3O2. The van der Waals surface area contributed by atoms with Gasteiger partial charge in [-0.25, -0.2) is 0 Å². The molecule has 1 atom stereocenters. The number of hydrogen-bond donors (Lipinski definition) is 2. The fourth-order valence-electron chi connectivity index (χ4n) is 2.54. The number of ether oxygens (including phenoxy) is 1. The summed E-state index contributed by atoms with van der Waals surface area (Å²) in [7, 11) is 4.10. The Morgan fingerprint density at radius 3 is 2.79 bits per heavy atom. The van der Waals surface area contributed by atoms with Crippen molar-refractivity contribution in [2.75, 3.05) is 39.1 Å². The Bertz CT molecular complexity index is 481. The first-order valence-electron chi connectivity index (χ1n) is 8.07. The molecule has 2 N–H and O–H groups in total. The van der Waals surface area contributed by atoms with Gasteiger partial charge in [-0.3, -0.25) is 4.79 Å². The summed E-state index contributed by atoms with van der Waals surface area (Å²) in [5.41, 5.74) is 0.794. The molecule has 0 bridgehead atoms. The zero-order chi connectivity index (χ0) is 15.8. The first kappa shape index (κ1) is 23.0. The number of carbonyl (C=O) groups is 1. The van der Waals surface area contributed by atoms with Crippen molar-refractivity contribution in [3.05, 3.63) is 24.3 Å². The molecular weight excluding hydrogens is 349 g/mol. The summed E-state index contributed by atoms with van der Waals surface area (Å²) >= 11 is 0. The minimum absolute atomic E-state index is 0. The number of benzene rings is 1. The minimum Gasteiger partial charge on any atom is -0.493 e. The van der Waals surface area contributed by atoms with Crippen molar-refractivity contribution in [1.82, 2.24) is 10.2 Å². The van der Waals surface area contributed by atoms with Gasteiger partial charge in [-0.2, -0.15) is 0 Å². The molecule has 5 nitrogen and oxygen atoms in total. The van der Waals surface area contributed by atoms with Crippen LogP contribution in [0.25, 0.3) is 0 Å². The van der Waals surface area contributed by atoms with Gasteiger partial charge in [-0.05, 0) is 52.0 Å². The molecule has 0 saturated carbocycles. The Hall–Kier alpha value is -1.01. The van der Waals surface area contributed by atoms with E-state index in [0.29, 0.717) is 6.61 Å². The lowest BCUT2D eigenvalue weighted by Gasteiger charge is -2.22. The Kier molecular flexibility index (Phi) is 11.8. The van der Waals surface area contributed by atoms with E-state index in [1.165, 1.54) is 0 Å². The monoisotopic (exact) mass is 377 g/mol. The second-order valence-electron chi connectivity index (χ2n) is 6.02. The number of carbonyl (C=O) groups excluding carboxylic acids is 1. The summed E-state index contributed by atoms with van der Waals surface area (Å²) in [6, 6.07) is 7.54. The smallest absolute Gasteiger partial charge is 0.241 e. The van der Waals surface area contributed by atoms with E-state index in [1.807, 2.05) is 24.3 Å². The quantitative estimate of drug-likeness (QED) is 0.717. The molecule has 1 heterocycles. The lowest BCUT2D eigenvalue weighted by atomic mass is 10.0. The highest BCUT2D eigenvalue weighted by Crippen LogP contribution is 2.18. The number of anilines is 1. The van der Waals surface area contributed by atoms with Crippen molar-refractivity contribution in [3.8, 4) is 5.75 Å². The molecule has 0 spiro atoms. The third-order valence-corrected chi connectivity index (χ3v) is 3.75. The number of rotatable bonds is 7. The van der Waals surface area contributed by atoms with Gasteiger partial charge in [-0.15, -0.1) is 24.8 Å². The van der Waals surface area contributed by atoms with Crippen LogP contribution in [0.5, 0.6) is 5.75 Å². The zero-order valence-electron chi connectivity index (χ0n) is 14.4. The third kappa shape index (κ3) is 8.20. The summed E-state index contributed by atoms with van der Waals surface area (Å²) < 4.78 is 5.73. The first-order valence-corrected chi connectivity index (χ1v) is 8.07. The van der Waals surface area contributed by atoms with Gasteiger partial charge in [0.15, 0.2) is 0 Å². The second-order valence-corrected chi connectivity index (χ2v) is 6.02. The van der Waals surface area contributed by atoms with Crippen molar-refractivity contribution >= 4 is 36.4 Å². The van der Waals surface area contributed by atoms with Crippen molar-refractivity contribution in [1.29, 1.82) is 0 Å². The van der Waals surface area contributed by atoms with Crippen LogP contribution in [-0.4, -0.2) is 50.6 Å².